The van der Waals surface area contributed by atoms with E-state index in [4.69, 9.17) is 10.5 Å². The van der Waals surface area contributed by atoms with Crippen LogP contribution >= 0.6 is 0 Å². The molecular formula is C18H23F2N9O2. The molecule has 1 unspecified atom stereocenters. The molecule has 13 heteroatoms. The number of nitrogens with two attached hydrogens (primary N) is 1. The molecule has 0 spiro atoms. The van der Waals surface area contributed by atoms with Gasteiger partial charge in [0.25, 0.3) is 6.43 Å². The molecule has 0 bridgehead atoms. The average Bonchev–Trinajstić information content (AvgIpc) is 2.79. The standard InChI is InChI=1S/C18H23F2N9O2/c1-11-9-31-7-6-29(11)18-25-15(12-8-22-16(21)23-13(12)14(19)20)24-17(26-18)28-4-2-27(10-30)3-5-28/h8,10-11,14H,2-7,9H2,1H3,(H2,21,22,23). The van der Waals surface area contributed by atoms with Gasteiger partial charge in [0.15, 0.2) is 5.82 Å². The molecule has 4 rings (SSSR count). The zero-order valence-electron chi connectivity index (χ0n) is 17.0. The molecule has 0 saturated carbocycles. The van der Waals surface area contributed by atoms with Crippen LogP contribution in [-0.2, 0) is 9.53 Å². The number of carbonyl (C=O) groups is 1. The number of nitrogens with zero attached hydrogens (tertiary/aromatic N) is 8. The van der Waals surface area contributed by atoms with E-state index in [2.05, 4.69) is 24.9 Å². The van der Waals surface area contributed by atoms with Crippen molar-refractivity contribution >= 4 is 24.3 Å². The highest BCUT2D eigenvalue weighted by Gasteiger charge is 2.27. The molecule has 1 amide bonds. The van der Waals surface area contributed by atoms with Gasteiger partial charge in [-0.15, -0.1) is 0 Å². The molecule has 31 heavy (non-hydrogen) atoms. The Bertz CT molecular complexity index is 940. The van der Waals surface area contributed by atoms with E-state index in [-0.39, 0.29) is 23.4 Å². The average molecular weight is 435 g/mol. The minimum Gasteiger partial charge on any atom is -0.377 e. The number of morpholine rings is 1. The van der Waals surface area contributed by atoms with Gasteiger partial charge in [0.05, 0.1) is 24.8 Å². The van der Waals surface area contributed by atoms with E-state index in [1.54, 1.807) is 4.90 Å². The summed E-state index contributed by atoms with van der Waals surface area (Å²) in [6.45, 7) is 5.60. The summed E-state index contributed by atoms with van der Waals surface area (Å²) >= 11 is 0. The second kappa shape index (κ2) is 8.88. The lowest BCUT2D eigenvalue weighted by Gasteiger charge is -2.35. The van der Waals surface area contributed by atoms with Crippen LogP contribution < -0.4 is 15.5 Å². The van der Waals surface area contributed by atoms with Crippen molar-refractivity contribution in [1.29, 1.82) is 0 Å². The van der Waals surface area contributed by atoms with E-state index in [0.717, 1.165) is 6.41 Å². The Morgan fingerprint density at radius 1 is 1.13 bits per heavy atom. The van der Waals surface area contributed by atoms with Gasteiger partial charge in [-0.05, 0) is 6.92 Å². The van der Waals surface area contributed by atoms with Crippen molar-refractivity contribution in [2.45, 2.75) is 19.4 Å². The Kier molecular flexibility index (Phi) is 6.02. The molecule has 2 saturated heterocycles. The van der Waals surface area contributed by atoms with E-state index >= 15 is 0 Å². The van der Waals surface area contributed by atoms with Crippen molar-refractivity contribution in [3.05, 3.63) is 11.9 Å². The summed E-state index contributed by atoms with van der Waals surface area (Å²) in [5.41, 5.74) is 4.98. The van der Waals surface area contributed by atoms with Crippen LogP contribution in [0.2, 0.25) is 0 Å². The molecule has 2 fully saturated rings. The molecule has 4 heterocycles. The Morgan fingerprint density at radius 2 is 1.87 bits per heavy atom. The lowest BCUT2D eigenvalue weighted by atomic mass is 10.2. The van der Waals surface area contributed by atoms with Crippen LogP contribution in [0.5, 0.6) is 0 Å². The van der Waals surface area contributed by atoms with Gasteiger partial charge >= 0.3 is 0 Å². The highest BCUT2D eigenvalue weighted by atomic mass is 19.3. The lowest BCUT2D eigenvalue weighted by Crippen LogP contribution is -2.47. The number of piperazine rings is 1. The first-order chi connectivity index (χ1) is 15.0. The highest BCUT2D eigenvalue weighted by molar-refractivity contribution is 5.61. The van der Waals surface area contributed by atoms with E-state index in [1.807, 2.05) is 16.7 Å². The zero-order valence-corrected chi connectivity index (χ0v) is 17.0. The number of carbonyl (C=O) groups excluding carboxylic acids is 1. The number of anilines is 3. The smallest absolute Gasteiger partial charge is 0.281 e. The third kappa shape index (κ3) is 4.45. The molecule has 11 nitrogen and oxygen atoms in total. The van der Waals surface area contributed by atoms with Crippen molar-refractivity contribution in [1.82, 2.24) is 29.8 Å². The monoisotopic (exact) mass is 435 g/mol. The van der Waals surface area contributed by atoms with Gasteiger partial charge in [0, 0.05) is 38.9 Å². The minimum atomic E-state index is -2.87. The molecule has 1 atom stereocenters. The Hall–Kier alpha value is -3.22. The number of hydrogen-bond acceptors (Lipinski definition) is 10. The normalized spacial score (nSPS) is 19.7. The summed E-state index contributed by atoms with van der Waals surface area (Å²) in [6, 6.07) is 0.000924. The maximum atomic E-state index is 13.7. The quantitative estimate of drug-likeness (QED) is 0.658. The molecule has 0 radical (unpaired) electrons. The third-order valence-electron chi connectivity index (χ3n) is 5.27. The van der Waals surface area contributed by atoms with Gasteiger partial charge in [-0.2, -0.15) is 15.0 Å². The lowest BCUT2D eigenvalue weighted by molar-refractivity contribution is -0.118. The summed E-state index contributed by atoms with van der Waals surface area (Å²) in [7, 11) is 0. The molecule has 2 aliphatic rings. The fourth-order valence-corrected chi connectivity index (χ4v) is 3.54. The van der Waals surface area contributed by atoms with Crippen molar-refractivity contribution < 1.29 is 18.3 Å². The van der Waals surface area contributed by atoms with E-state index in [9.17, 15) is 13.6 Å². The largest absolute Gasteiger partial charge is 0.377 e. The molecular weight excluding hydrogens is 412 g/mol. The van der Waals surface area contributed by atoms with Crippen LogP contribution in [0.15, 0.2) is 6.20 Å². The van der Waals surface area contributed by atoms with Gasteiger partial charge in [-0.3, -0.25) is 4.79 Å². The van der Waals surface area contributed by atoms with Gasteiger partial charge in [-0.1, -0.05) is 0 Å². The number of ether oxygens (including phenoxy) is 1. The van der Waals surface area contributed by atoms with Crippen LogP contribution in [0.25, 0.3) is 11.4 Å². The number of alkyl halides is 2. The van der Waals surface area contributed by atoms with Gasteiger partial charge < -0.3 is 25.2 Å². The maximum Gasteiger partial charge on any atom is 0.281 e. The summed E-state index contributed by atoms with van der Waals surface area (Å²) in [5.74, 6) is 0.513. The van der Waals surface area contributed by atoms with Crippen LogP contribution in [0.4, 0.5) is 26.6 Å². The van der Waals surface area contributed by atoms with Gasteiger partial charge in [-0.25, -0.2) is 18.7 Å². The second-order valence-electron chi connectivity index (χ2n) is 7.33. The molecule has 166 valence electrons. The SMILES string of the molecule is CC1COCCN1c1nc(-c2cnc(N)nc2C(F)F)nc(N2CCN(C=O)CC2)n1. The summed E-state index contributed by atoms with van der Waals surface area (Å²) in [5, 5.41) is 0. The predicted molar refractivity (Wildman–Crippen MR) is 108 cm³/mol. The number of hydrogen-bond donors (Lipinski definition) is 1. The summed E-state index contributed by atoms with van der Waals surface area (Å²) in [4.78, 5) is 37.6. The Labute approximate surface area is 177 Å². The highest BCUT2D eigenvalue weighted by Crippen LogP contribution is 2.30. The first-order valence-corrected chi connectivity index (χ1v) is 9.92. The molecule has 0 aromatic carbocycles. The van der Waals surface area contributed by atoms with Crippen molar-refractivity contribution in [2.24, 2.45) is 0 Å². The number of aromatic nitrogens is 5. The van der Waals surface area contributed by atoms with Crippen LogP contribution in [0, 0.1) is 0 Å². The van der Waals surface area contributed by atoms with Crippen molar-refractivity contribution in [3.8, 4) is 11.4 Å². The fourth-order valence-electron chi connectivity index (χ4n) is 3.54. The zero-order chi connectivity index (χ0) is 22.0. The van der Waals surface area contributed by atoms with Gasteiger partial charge in [0.2, 0.25) is 24.3 Å². The molecule has 2 aromatic heterocycles. The summed E-state index contributed by atoms with van der Waals surface area (Å²) < 4.78 is 32.8. The third-order valence-corrected chi connectivity index (χ3v) is 5.27. The molecule has 2 N–H and O–H groups in total. The minimum absolute atomic E-state index is 0.000924. The van der Waals surface area contributed by atoms with Crippen LogP contribution in [0.3, 0.4) is 0 Å². The first-order valence-electron chi connectivity index (χ1n) is 9.92. The Balaban J connectivity index is 1.78. The predicted octanol–water partition coefficient (Wildman–Crippen LogP) is 0.352. The van der Waals surface area contributed by atoms with Crippen molar-refractivity contribution in [3.63, 3.8) is 0 Å². The number of nitrogen functional groups attached to an aromatic ring is 1. The van der Waals surface area contributed by atoms with Crippen LogP contribution in [-0.4, -0.2) is 88.2 Å². The van der Waals surface area contributed by atoms with Crippen molar-refractivity contribution in [2.75, 3.05) is 61.5 Å². The molecule has 2 aromatic rings. The second-order valence-corrected chi connectivity index (χ2v) is 7.33. The van der Waals surface area contributed by atoms with Crippen LogP contribution in [0.1, 0.15) is 19.0 Å². The van der Waals surface area contributed by atoms with E-state index < -0.39 is 12.1 Å². The van der Waals surface area contributed by atoms with E-state index in [0.29, 0.717) is 57.8 Å². The maximum absolute atomic E-state index is 13.7. The number of amides is 1. The molecule has 0 aliphatic carbocycles. The fraction of sp³-hybridized carbons (Fsp3) is 0.556. The summed E-state index contributed by atoms with van der Waals surface area (Å²) in [6.07, 6.45) is -0.861. The first kappa shape index (κ1) is 21.0. The van der Waals surface area contributed by atoms with E-state index in [1.165, 1.54) is 6.20 Å². The topological polar surface area (TPSA) is 126 Å². The number of halogens is 2. The Morgan fingerprint density at radius 3 is 2.55 bits per heavy atom. The van der Waals surface area contributed by atoms with Gasteiger partial charge in [0.1, 0.15) is 5.69 Å². The number of rotatable bonds is 5. The molecule has 2 aliphatic heterocycles.